The number of nitrogens with one attached hydrogen (secondary N) is 1. The van der Waals surface area contributed by atoms with E-state index in [-0.39, 0.29) is 12.8 Å². The van der Waals surface area contributed by atoms with Crippen molar-refractivity contribution in [1.82, 2.24) is 10.2 Å². The minimum absolute atomic E-state index is 0.116. The van der Waals surface area contributed by atoms with Gasteiger partial charge in [-0.05, 0) is 18.3 Å². The number of carbonyl (C=O) groups excluding carboxylic acids is 1. The predicted molar refractivity (Wildman–Crippen MR) is 66.7 cm³/mol. The summed E-state index contributed by atoms with van der Waals surface area (Å²) in [6.07, 6.45) is -0.403. The van der Waals surface area contributed by atoms with Gasteiger partial charge < -0.3 is 20.4 Å². The van der Waals surface area contributed by atoms with Crippen molar-refractivity contribution in [2.24, 2.45) is 11.8 Å². The molecule has 7 heteroatoms. The van der Waals surface area contributed by atoms with Crippen molar-refractivity contribution >= 4 is 18.0 Å². The Hall–Kier alpha value is -1.79. The summed E-state index contributed by atoms with van der Waals surface area (Å²) >= 11 is 0. The van der Waals surface area contributed by atoms with E-state index in [0.29, 0.717) is 24.9 Å². The van der Waals surface area contributed by atoms with Crippen LogP contribution in [-0.4, -0.2) is 52.2 Å². The fraction of sp³-hybridized carbons (Fsp3) is 0.750. The number of hydrogen-bond acceptors (Lipinski definition) is 3. The minimum atomic E-state index is -1.21. The van der Waals surface area contributed by atoms with E-state index in [2.05, 4.69) is 5.32 Å². The highest BCUT2D eigenvalue weighted by Gasteiger charge is 2.31. The number of aliphatic carboxylic acids is 2. The van der Waals surface area contributed by atoms with Gasteiger partial charge in [0.15, 0.2) is 0 Å². The van der Waals surface area contributed by atoms with Crippen LogP contribution in [0.3, 0.4) is 0 Å². The van der Waals surface area contributed by atoms with Crippen molar-refractivity contribution in [3.05, 3.63) is 0 Å². The van der Waals surface area contributed by atoms with Crippen molar-refractivity contribution in [2.75, 3.05) is 13.1 Å². The summed E-state index contributed by atoms with van der Waals surface area (Å²) in [4.78, 5) is 34.9. The number of carboxylic acid groups (broad SMARTS) is 2. The fourth-order valence-corrected chi connectivity index (χ4v) is 2.06. The molecule has 0 radical (unpaired) electrons. The van der Waals surface area contributed by atoms with Crippen LogP contribution in [-0.2, 0) is 9.59 Å². The van der Waals surface area contributed by atoms with E-state index >= 15 is 0 Å². The lowest BCUT2D eigenvalue weighted by Gasteiger charge is -2.20. The summed E-state index contributed by atoms with van der Waals surface area (Å²) in [5, 5.41) is 19.9. The van der Waals surface area contributed by atoms with Crippen LogP contribution in [0.15, 0.2) is 0 Å². The topological polar surface area (TPSA) is 107 Å². The average molecular weight is 272 g/mol. The fourth-order valence-electron chi connectivity index (χ4n) is 2.06. The molecule has 0 saturated carbocycles. The van der Waals surface area contributed by atoms with Gasteiger partial charge >= 0.3 is 18.0 Å². The number of amides is 2. The maximum atomic E-state index is 11.9. The Morgan fingerprint density at radius 3 is 2.16 bits per heavy atom. The van der Waals surface area contributed by atoms with Gasteiger partial charge in [0, 0.05) is 19.5 Å². The number of urea groups is 1. The van der Waals surface area contributed by atoms with E-state index < -0.39 is 24.0 Å². The van der Waals surface area contributed by atoms with E-state index in [1.165, 1.54) is 0 Å². The molecular formula is C12H20N2O5. The molecule has 7 nitrogen and oxygen atoms in total. The Labute approximate surface area is 111 Å². The normalized spacial score (nSPS) is 24.0. The van der Waals surface area contributed by atoms with Gasteiger partial charge in [0.25, 0.3) is 0 Å². The summed E-state index contributed by atoms with van der Waals surface area (Å²) in [6.45, 7) is 5.27. The van der Waals surface area contributed by atoms with Crippen LogP contribution in [0.1, 0.15) is 26.7 Å². The maximum absolute atomic E-state index is 11.9. The minimum Gasteiger partial charge on any atom is -0.481 e. The van der Waals surface area contributed by atoms with Crippen LogP contribution >= 0.6 is 0 Å². The van der Waals surface area contributed by atoms with Crippen LogP contribution in [0.2, 0.25) is 0 Å². The molecule has 1 fully saturated rings. The van der Waals surface area contributed by atoms with Crippen LogP contribution in [0, 0.1) is 11.8 Å². The molecule has 3 unspecified atom stereocenters. The van der Waals surface area contributed by atoms with E-state index in [4.69, 9.17) is 10.2 Å². The van der Waals surface area contributed by atoms with E-state index in [1.54, 1.807) is 4.90 Å². The molecule has 19 heavy (non-hydrogen) atoms. The third-order valence-electron chi connectivity index (χ3n) is 3.52. The van der Waals surface area contributed by atoms with Crippen molar-refractivity contribution < 1.29 is 24.6 Å². The number of hydrogen-bond donors (Lipinski definition) is 3. The molecule has 3 atom stereocenters. The van der Waals surface area contributed by atoms with Crippen molar-refractivity contribution in [1.29, 1.82) is 0 Å². The first-order valence-electron chi connectivity index (χ1n) is 6.31. The second-order valence-electron chi connectivity index (χ2n) is 5.13. The molecule has 0 aromatic carbocycles. The molecule has 0 bridgehead atoms. The SMILES string of the molecule is CC1CN(C(=O)NC(CCC(=O)O)C(=O)O)CC1C. The number of carbonyl (C=O) groups is 3. The molecule has 3 N–H and O–H groups in total. The molecule has 0 aromatic heterocycles. The standard InChI is InChI=1S/C12H20N2O5/c1-7-5-14(6-8(7)2)12(19)13-9(11(17)18)3-4-10(15)16/h7-9H,3-6H2,1-2H3,(H,13,19)(H,15,16)(H,17,18). The second-order valence-corrected chi connectivity index (χ2v) is 5.13. The number of carboxylic acids is 2. The number of likely N-dealkylation sites (tertiary alicyclic amines) is 1. The van der Waals surface area contributed by atoms with Gasteiger partial charge in [0.05, 0.1) is 0 Å². The zero-order valence-electron chi connectivity index (χ0n) is 11.1. The Kier molecular flexibility index (Phi) is 5.14. The number of rotatable bonds is 5. The highest BCUT2D eigenvalue weighted by Crippen LogP contribution is 2.21. The quantitative estimate of drug-likeness (QED) is 0.679. The molecule has 2 amide bonds. The third-order valence-corrected chi connectivity index (χ3v) is 3.52. The number of nitrogens with zero attached hydrogens (tertiary/aromatic N) is 1. The van der Waals surface area contributed by atoms with Crippen molar-refractivity contribution in [2.45, 2.75) is 32.7 Å². The summed E-state index contributed by atoms with van der Waals surface area (Å²) in [6, 6.07) is -1.59. The lowest BCUT2D eigenvalue weighted by Crippen LogP contribution is -2.47. The summed E-state index contributed by atoms with van der Waals surface area (Å²) in [5.74, 6) is -1.53. The van der Waals surface area contributed by atoms with Gasteiger partial charge in [-0.2, -0.15) is 0 Å². The lowest BCUT2D eigenvalue weighted by atomic mass is 10.0. The Morgan fingerprint density at radius 1 is 1.21 bits per heavy atom. The first-order chi connectivity index (χ1) is 8.81. The first-order valence-corrected chi connectivity index (χ1v) is 6.31. The summed E-state index contributed by atoms with van der Waals surface area (Å²) in [5.41, 5.74) is 0. The zero-order valence-corrected chi connectivity index (χ0v) is 11.1. The molecule has 0 spiro atoms. The van der Waals surface area contributed by atoms with Gasteiger partial charge in [-0.3, -0.25) is 4.79 Å². The molecule has 1 heterocycles. The summed E-state index contributed by atoms with van der Waals surface area (Å²) < 4.78 is 0. The van der Waals surface area contributed by atoms with Gasteiger partial charge in [-0.1, -0.05) is 13.8 Å². The predicted octanol–water partition coefficient (Wildman–Crippen LogP) is 0.602. The molecular weight excluding hydrogens is 252 g/mol. The van der Waals surface area contributed by atoms with Gasteiger partial charge in [0.2, 0.25) is 0 Å². The van der Waals surface area contributed by atoms with Gasteiger partial charge in [-0.15, -0.1) is 0 Å². The Bertz CT molecular complexity index is 361. The Balaban J connectivity index is 2.52. The molecule has 1 saturated heterocycles. The highest BCUT2D eigenvalue weighted by atomic mass is 16.4. The summed E-state index contributed by atoms with van der Waals surface area (Å²) in [7, 11) is 0. The largest absolute Gasteiger partial charge is 0.481 e. The van der Waals surface area contributed by atoms with Gasteiger partial charge in [0.1, 0.15) is 6.04 Å². The zero-order chi connectivity index (χ0) is 14.6. The third kappa shape index (κ3) is 4.42. The van der Waals surface area contributed by atoms with E-state index in [1.807, 2.05) is 13.8 Å². The smallest absolute Gasteiger partial charge is 0.326 e. The van der Waals surface area contributed by atoms with Crippen LogP contribution in [0.5, 0.6) is 0 Å². The van der Waals surface area contributed by atoms with Crippen LogP contribution < -0.4 is 5.32 Å². The van der Waals surface area contributed by atoms with E-state index in [9.17, 15) is 14.4 Å². The van der Waals surface area contributed by atoms with E-state index in [0.717, 1.165) is 0 Å². The molecule has 1 aliphatic rings. The molecule has 108 valence electrons. The monoisotopic (exact) mass is 272 g/mol. The highest BCUT2D eigenvalue weighted by molar-refractivity contribution is 5.83. The second kappa shape index (κ2) is 6.40. The van der Waals surface area contributed by atoms with Crippen LogP contribution in [0.4, 0.5) is 4.79 Å². The van der Waals surface area contributed by atoms with Crippen LogP contribution in [0.25, 0.3) is 0 Å². The molecule has 0 aromatic rings. The Morgan fingerprint density at radius 2 is 1.74 bits per heavy atom. The molecule has 0 aliphatic carbocycles. The van der Waals surface area contributed by atoms with Crippen molar-refractivity contribution in [3.63, 3.8) is 0 Å². The molecule has 1 rings (SSSR count). The van der Waals surface area contributed by atoms with Crippen molar-refractivity contribution in [3.8, 4) is 0 Å². The molecule has 1 aliphatic heterocycles. The lowest BCUT2D eigenvalue weighted by molar-refractivity contribution is -0.140. The average Bonchev–Trinajstić information content (AvgIpc) is 2.64. The van der Waals surface area contributed by atoms with Gasteiger partial charge in [-0.25, -0.2) is 9.59 Å². The first kappa shape index (κ1) is 15.3. The maximum Gasteiger partial charge on any atom is 0.326 e.